The van der Waals surface area contributed by atoms with E-state index in [0.29, 0.717) is 12.1 Å². The van der Waals surface area contributed by atoms with Gasteiger partial charge in [-0.1, -0.05) is 47.5 Å². The molecule has 0 aliphatic carbocycles. The Morgan fingerprint density at radius 1 is 1.00 bits per heavy atom. The molecule has 104 valence electrons. The lowest BCUT2D eigenvalue weighted by Gasteiger charge is -2.38. The summed E-state index contributed by atoms with van der Waals surface area (Å²) in [4.78, 5) is 2.68. The van der Waals surface area contributed by atoms with Crippen molar-refractivity contribution < 1.29 is 0 Å². The molecule has 0 rings (SSSR count). The normalized spacial score (nSPS) is 13.9. The molecule has 0 heterocycles. The fraction of sp³-hybridized carbons (Fsp3) is 1.00. The topological polar surface area (TPSA) is 29.3 Å². The first-order chi connectivity index (χ1) is 8.10. The van der Waals surface area contributed by atoms with Gasteiger partial charge in [-0.25, -0.2) is 0 Å². The van der Waals surface area contributed by atoms with Gasteiger partial charge in [-0.15, -0.1) is 0 Å². The van der Waals surface area contributed by atoms with Gasteiger partial charge in [-0.3, -0.25) is 4.90 Å². The van der Waals surface area contributed by atoms with E-state index in [2.05, 4.69) is 39.5 Å². The van der Waals surface area contributed by atoms with Crippen LogP contribution in [0.5, 0.6) is 0 Å². The Balaban J connectivity index is 4.59. The van der Waals surface area contributed by atoms with Crippen LogP contribution in [-0.4, -0.2) is 30.1 Å². The lowest BCUT2D eigenvalue weighted by molar-refractivity contribution is 0.105. The molecular formula is C15H34N2. The summed E-state index contributed by atoms with van der Waals surface area (Å²) in [5.74, 6) is 0.728. The fourth-order valence-corrected chi connectivity index (χ4v) is 2.63. The molecule has 1 atom stereocenters. The highest BCUT2D eigenvalue weighted by atomic mass is 15.2. The molecule has 0 bridgehead atoms. The first-order valence-electron chi connectivity index (χ1n) is 7.56. The zero-order valence-electron chi connectivity index (χ0n) is 12.7. The number of hydrogen-bond acceptors (Lipinski definition) is 2. The SMILES string of the molecule is CCCCC(CN)N(CC(C)C)C(CC)CC. The van der Waals surface area contributed by atoms with Crippen molar-refractivity contribution in [1.82, 2.24) is 4.90 Å². The molecule has 0 radical (unpaired) electrons. The van der Waals surface area contributed by atoms with Gasteiger partial charge in [0.25, 0.3) is 0 Å². The zero-order chi connectivity index (χ0) is 13.3. The third-order valence-corrected chi connectivity index (χ3v) is 3.62. The van der Waals surface area contributed by atoms with E-state index < -0.39 is 0 Å². The summed E-state index contributed by atoms with van der Waals surface area (Å²) < 4.78 is 0. The van der Waals surface area contributed by atoms with E-state index in [1.54, 1.807) is 0 Å². The van der Waals surface area contributed by atoms with Gasteiger partial charge >= 0.3 is 0 Å². The molecule has 0 aromatic rings. The van der Waals surface area contributed by atoms with Gasteiger partial charge in [-0.2, -0.15) is 0 Å². The lowest BCUT2D eigenvalue weighted by Crippen LogP contribution is -2.48. The predicted octanol–water partition coefficient (Wildman–Crippen LogP) is 3.65. The van der Waals surface area contributed by atoms with Gasteiger partial charge in [0, 0.05) is 25.2 Å². The second-order valence-electron chi connectivity index (χ2n) is 5.59. The number of nitrogens with two attached hydrogens (primary N) is 1. The summed E-state index contributed by atoms with van der Waals surface area (Å²) in [5.41, 5.74) is 6.00. The third-order valence-electron chi connectivity index (χ3n) is 3.62. The van der Waals surface area contributed by atoms with Crippen LogP contribution in [0.1, 0.15) is 66.7 Å². The van der Waals surface area contributed by atoms with E-state index in [9.17, 15) is 0 Å². The molecule has 0 saturated carbocycles. The molecule has 17 heavy (non-hydrogen) atoms. The van der Waals surface area contributed by atoms with Crippen LogP contribution in [0, 0.1) is 5.92 Å². The maximum Gasteiger partial charge on any atom is 0.0221 e. The average Bonchev–Trinajstić information content (AvgIpc) is 2.30. The second-order valence-corrected chi connectivity index (χ2v) is 5.59. The summed E-state index contributed by atoms with van der Waals surface area (Å²) in [6, 6.07) is 1.30. The van der Waals surface area contributed by atoms with Gasteiger partial charge in [0.05, 0.1) is 0 Å². The molecule has 0 spiro atoms. The predicted molar refractivity (Wildman–Crippen MR) is 78.3 cm³/mol. The summed E-state index contributed by atoms with van der Waals surface area (Å²) in [6.07, 6.45) is 6.32. The molecule has 0 aliphatic rings. The summed E-state index contributed by atoms with van der Waals surface area (Å²) in [7, 11) is 0. The van der Waals surface area contributed by atoms with E-state index in [1.165, 1.54) is 38.6 Å². The van der Waals surface area contributed by atoms with Crippen molar-refractivity contribution >= 4 is 0 Å². The van der Waals surface area contributed by atoms with Crippen LogP contribution in [0.4, 0.5) is 0 Å². The molecule has 1 unspecified atom stereocenters. The fourth-order valence-electron chi connectivity index (χ4n) is 2.63. The van der Waals surface area contributed by atoms with Crippen molar-refractivity contribution in [1.29, 1.82) is 0 Å². The maximum atomic E-state index is 6.00. The monoisotopic (exact) mass is 242 g/mol. The van der Waals surface area contributed by atoms with Crippen molar-refractivity contribution in [3.05, 3.63) is 0 Å². The van der Waals surface area contributed by atoms with Gasteiger partial charge in [0.2, 0.25) is 0 Å². The number of rotatable bonds is 10. The van der Waals surface area contributed by atoms with Crippen LogP contribution in [0.15, 0.2) is 0 Å². The Kier molecular flexibility index (Phi) is 9.85. The first-order valence-corrected chi connectivity index (χ1v) is 7.56. The van der Waals surface area contributed by atoms with E-state index in [-0.39, 0.29) is 0 Å². The molecule has 0 aromatic carbocycles. The molecule has 2 N–H and O–H groups in total. The minimum Gasteiger partial charge on any atom is -0.329 e. The lowest BCUT2D eigenvalue weighted by atomic mass is 10.0. The van der Waals surface area contributed by atoms with Crippen molar-refractivity contribution in [2.75, 3.05) is 13.1 Å². The standard InChI is InChI=1S/C15H34N2/c1-6-9-10-15(11-16)17(12-13(4)5)14(7-2)8-3/h13-15H,6-12,16H2,1-5H3. The van der Waals surface area contributed by atoms with E-state index in [1.807, 2.05) is 0 Å². The molecule has 0 fully saturated rings. The van der Waals surface area contributed by atoms with Gasteiger partial charge in [-0.05, 0) is 25.2 Å². The Hall–Kier alpha value is -0.0800. The minimum atomic E-state index is 0.585. The second kappa shape index (κ2) is 9.90. The maximum absolute atomic E-state index is 6.00. The van der Waals surface area contributed by atoms with Gasteiger partial charge < -0.3 is 5.73 Å². The Morgan fingerprint density at radius 2 is 1.59 bits per heavy atom. The van der Waals surface area contributed by atoms with Crippen molar-refractivity contribution in [2.24, 2.45) is 11.7 Å². The van der Waals surface area contributed by atoms with Crippen molar-refractivity contribution in [3.63, 3.8) is 0 Å². The largest absolute Gasteiger partial charge is 0.329 e. The van der Waals surface area contributed by atoms with Crippen LogP contribution < -0.4 is 5.73 Å². The number of nitrogens with zero attached hydrogens (tertiary/aromatic N) is 1. The highest BCUT2D eigenvalue weighted by Gasteiger charge is 2.23. The van der Waals surface area contributed by atoms with Crippen LogP contribution in [0.2, 0.25) is 0 Å². The van der Waals surface area contributed by atoms with Crippen LogP contribution in [-0.2, 0) is 0 Å². The van der Waals surface area contributed by atoms with Crippen molar-refractivity contribution in [2.45, 2.75) is 78.8 Å². The summed E-state index contributed by atoms with van der Waals surface area (Å²) in [5, 5.41) is 0. The van der Waals surface area contributed by atoms with Gasteiger partial charge in [0.1, 0.15) is 0 Å². The first kappa shape index (κ1) is 16.9. The highest BCUT2D eigenvalue weighted by Crippen LogP contribution is 2.18. The highest BCUT2D eigenvalue weighted by molar-refractivity contribution is 4.79. The summed E-state index contributed by atoms with van der Waals surface area (Å²) >= 11 is 0. The van der Waals surface area contributed by atoms with Crippen LogP contribution >= 0.6 is 0 Å². The summed E-state index contributed by atoms with van der Waals surface area (Å²) in [6.45, 7) is 13.5. The molecule has 0 aromatic heterocycles. The van der Waals surface area contributed by atoms with E-state index in [4.69, 9.17) is 5.73 Å². The zero-order valence-corrected chi connectivity index (χ0v) is 12.7. The average molecular weight is 242 g/mol. The number of hydrogen-bond donors (Lipinski definition) is 1. The van der Waals surface area contributed by atoms with E-state index >= 15 is 0 Å². The van der Waals surface area contributed by atoms with Crippen LogP contribution in [0.25, 0.3) is 0 Å². The molecule has 2 nitrogen and oxygen atoms in total. The molecule has 2 heteroatoms. The molecule has 0 aliphatic heterocycles. The Labute approximate surface area is 109 Å². The van der Waals surface area contributed by atoms with Crippen LogP contribution in [0.3, 0.4) is 0 Å². The molecule has 0 amide bonds. The molecular weight excluding hydrogens is 208 g/mol. The quantitative estimate of drug-likeness (QED) is 0.633. The van der Waals surface area contributed by atoms with Gasteiger partial charge in [0.15, 0.2) is 0 Å². The number of unbranched alkanes of at least 4 members (excludes halogenated alkanes) is 1. The third kappa shape index (κ3) is 6.42. The smallest absolute Gasteiger partial charge is 0.0221 e. The Bertz CT molecular complexity index is 164. The Morgan fingerprint density at radius 3 is 1.94 bits per heavy atom. The van der Waals surface area contributed by atoms with Crippen molar-refractivity contribution in [3.8, 4) is 0 Å². The van der Waals surface area contributed by atoms with E-state index in [0.717, 1.165) is 12.5 Å². The minimum absolute atomic E-state index is 0.585. The molecule has 0 saturated heterocycles.